The molecule has 8 heteroatoms. The van der Waals surface area contributed by atoms with Crippen LogP contribution in [0.1, 0.15) is 30.9 Å². The van der Waals surface area contributed by atoms with Gasteiger partial charge in [0.1, 0.15) is 17.7 Å². The molecule has 0 saturated heterocycles. The first-order valence-corrected chi connectivity index (χ1v) is 7.87. The standard InChI is InChI=1S/C16H22N6O2/c17-13(16(23)24)5-1-2-10-22(11-14-18-6-3-7-19-14)12-15-20-8-4-9-21-15/h3-4,6-9,13H,1-2,5,10-12,17H2,(H,23,24). The molecule has 0 saturated carbocycles. The van der Waals surface area contributed by atoms with Gasteiger partial charge in [-0.05, 0) is 31.5 Å². The predicted octanol–water partition coefficient (Wildman–Crippen LogP) is 0.851. The second kappa shape index (κ2) is 9.64. The maximum Gasteiger partial charge on any atom is 0.320 e. The third kappa shape index (κ3) is 6.35. The van der Waals surface area contributed by atoms with Crippen LogP contribution in [-0.2, 0) is 17.9 Å². The fraction of sp³-hybridized carbons (Fsp3) is 0.438. The molecule has 1 atom stereocenters. The van der Waals surface area contributed by atoms with Crippen LogP contribution in [-0.4, -0.2) is 48.5 Å². The van der Waals surface area contributed by atoms with Crippen molar-refractivity contribution in [1.82, 2.24) is 24.8 Å². The normalized spacial score (nSPS) is 12.2. The lowest BCUT2D eigenvalue weighted by molar-refractivity contribution is -0.138. The topological polar surface area (TPSA) is 118 Å². The highest BCUT2D eigenvalue weighted by Crippen LogP contribution is 2.07. The van der Waals surface area contributed by atoms with Gasteiger partial charge in [0.05, 0.1) is 13.1 Å². The number of carboxylic acids is 1. The number of hydrogen-bond acceptors (Lipinski definition) is 7. The van der Waals surface area contributed by atoms with E-state index in [1.165, 1.54) is 0 Å². The zero-order valence-electron chi connectivity index (χ0n) is 13.5. The van der Waals surface area contributed by atoms with Crippen LogP contribution >= 0.6 is 0 Å². The summed E-state index contributed by atoms with van der Waals surface area (Å²) in [6.45, 7) is 1.94. The Kier molecular flexibility index (Phi) is 7.19. The lowest BCUT2D eigenvalue weighted by Crippen LogP contribution is -2.30. The van der Waals surface area contributed by atoms with E-state index in [9.17, 15) is 4.79 Å². The fourth-order valence-corrected chi connectivity index (χ4v) is 2.26. The Bertz CT molecular complexity index is 569. The lowest BCUT2D eigenvalue weighted by atomic mass is 10.1. The summed E-state index contributed by atoms with van der Waals surface area (Å²) in [5, 5.41) is 8.81. The minimum Gasteiger partial charge on any atom is -0.480 e. The molecule has 2 rings (SSSR count). The first kappa shape index (κ1) is 17.9. The van der Waals surface area contributed by atoms with Gasteiger partial charge in [-0.15, -0.1) is 0 Å². The number of aromatic nitrogens is 4. The number of carbonyl (C=O) groups is 1. The van der Waals surface area contributed by atoms with E-state index >= 15 is 0 Å². The molecule has 0 spiro atoms. The van der Waals surface area contributed by atoms with Gasteiger partial charge in [-0.25, -0.2) is 19.9 Å². The Hall–Kier alpha value is -2.45. The Morgan fingerprint density at radius 2 is 1.50 bits per heavy atom. The van der Waals surface area contributed by atoms with Crippen LogP contribution < -0.4 is 5.73 Å². The van der Waals surface area contributed by atoms with Crippen LogP contribution in [0.3, 0.4) is 0 Å². The van der Waals surface area contributed by atoms with Gasteiger partial charge in [0.25, 0.3) is 0 Å². The molecule has 2 heterocycles. The third-order valence-electron chi connectivity index (χ3n) is 3.53. The van der Waals surface area contributed by atoms with Gasteiger partial charge in [-0.1, -0.05) is 6.42 Å². The number of hydrogen-bond donors (Lipinski definition) is 2. The number of nitrogens with zero attached hydrogens (tertiary/aromatic N) is 5. The third-order valence-corrected chi connectivity index (χ3v) is 3.53. The largest absolute Gasteiger partial charge is 0.480 e. The molecule has 1 unspecified atom stereocenters. The van der Waals surface area contributed by atoms with Crippen LogP contribution in [0.4, 0.5) is 0 Å². The molecular formula is C16H22N6O2. The van der Waals surface area contributed by atoms with Crippen molar-refractivity contribution < 1.29 is 9.90 Å². The minimum absolute atomic E-state index is 0.465. The van der Waals surface area contributed by atoms with Crippen molar-refractivity contribution in [1.29, 1.82) is 0 Å². The summed E-state index contributed by atoms with van der Waals surface area (Å²) < 4.78 is 0. The van der Waals surface area contributed by atoms with Crippen LogP contribution in [0.5, 0.6) is 0 Å². The summed E-state index contributed by atoms with van der Waals surface area (Å²) in [5.74, 6) is 0.508. The SMILES string of the molecule is NC(CCCCN(Cc1ncccn1)Cc1ncccn1)C(=O)O. The number of rotatable bonds is 10. The van der Waals surface area contributed by atoms with Crippen molar-refractivity contribution in [3.8, 4) is 0 Å². The van der Waals surface area contributed by atoms with E-state index in [1.54, 1.807) is 36.9 Å². The maximum atomic E-state index is 10.7. The zero-order valence-corrected chi connectivity index (χ0v) is 13.5. The molecule has 0 aliphatic rings. The van der Waals surface area contributed by atoms with Crippen molar-refractivity contribution >= 4 is 5.97 Å². The summed E-state index contributed by atoms with van der Waals surface area (Å²) in [7, 11) is 0. The molecule has 2 aromatic rings. The molecule has 0 amide bonds. The van der Waals surface area contributed by atoms with Crippen molar-refractivity contribution in [2.24, 2.45) is 5.73 Å². The van der Waals surface area contributed by atoms with Gasteiger partial charge >= 0.3 is 5.97 Å². The first-order valence-electron chi connectivity index (χ1n) is 7.87. The molecule has 0 aliphatic heterocycles. The Morgan fingerprint density at radius 3 is 1.96 bits per heavy atom. The molecule has 0 aliphatic carbocycles. The molecule has 128 valence electrons. The quantitative estimate of drug-likeness (QED) is 0.616. The predicted molar refractivity (Wildman–Crippen MR) is 87.6 cm³/mol. The highest BCUT2D eigenvalue weighted by atomic mass is 16.4. The number of unbranched alkanes of at least 4 members (excludes halogenated alkanes) is 1. The Morgan fingerprint density at radius 1 is 1.00 bits per heavy atom. The average Bonchev–Trinajstić information content (AvgIpc) is 2.60. The molecule has 24 heavy (non-hydrogen) atoms. The van der Waals surface area contributed by atoms with Crippen LogP contribution in [0.25, 0.3) is 0 Å². The molecular weight excluding hydrogens is 308 g/mol. The van der Waals surface area contributed by atoms with E-state index in [0.29, 0.717) is 19.5 Å². The average molecular weight is 330 g/mol. The van der Waals surface area contributed by atoms with E-state index in [0.717, 1.165) is 31.0 Å². The van der Waals surface area contributed by atoms with Crippen molar-refractivity contribution in [2.45, 2.75) is 38.4 Å². The summed E-state index contributed by atoms with van der Waals surface area (Å²) >= 11 is 0. The van der Waals surface area contributed by atoms with Crippen molar-refractivity contribution in [3.05, 3.63) is 48.6 Å². The lowest BCUT2D eigenvalue weighted by Gasteiger charge is -2.20. The smallest absolute Gasteiger partial charge is 0.320 e. The summed E-state index contributed by atoms with van der Waals surface area (Å²) in [5.41, 5.74) is 5.53. The molecule has 0 radical (unpaired) electrons. The highest BCUT2D eigenvalue weighted by Gasteiger charge is 2.13. The van der Waals surface area contributed by atoms with E-state index in [1.807, 2.05) is 0 Å². The van der Waals surface area contributed by atoms with Gasteiger partial charge in [-0.3, -0.25) is 9.69 Å². The van der Waals surface area contributed by atoms with E-state index in [4.69, 9.17) is 10.8 Å². The summed E-state index contributed by atoms with van der Waals surface area (Å²) in [6.07, 6.45) is 8.90. The maximum absolute atomic E-state index is 10.7. The number of carboxylic acid groups (broad SMARTS) is 1. The van der Waals surface area contributed by atoms with Crippen LogP contribution in [0, 0.1) is 0 Å². The van der Waals surface area contributed by atoms with Gasteiger partial charge in [0, 0.05) is 24.8 Å². The highest BCUT2D eigenvalue weighted by molar-refractivity contribution is 5.72. The van der Waals surface area contributed by atoms with E-state index in [2.05, 4.69) is 24.8 Å². The summed E-state index contributed by atoms with van der Waals surface area (Å²) in [4.78, 5) is 29.9. The van der Waals surface area contributed by atoms with E-state index in [-0.39, 0.29) is 0 Å². The van der Waals surface area contributed by atoms with Gasteiger partial charge in [0.15, 0.2) is 0 Å². The van der Waals surface area contributed by atoms with Crippen molar-refractivity contribution in [2.75, 3.05) is 6.54 Å². The zero-order chi connectivity index (χ0) is 17.2. The van der Waals surface area contributed by atoms with Crippen LogP contribution in [0.2, 0.25) is 0 Å². The number of nitrogens with two attached hydrogens (primary N) is 1. The Balaban J connectivity index is 1.88. The van der Waals surface area contributed by atoms with E-state index < -0.39 is 12.0 Å². The Labute approximate surface area is 140 Å². The second-order valence-electron chi connectivity index (χ2n) is 5.48. The molecule has 0 aromatic carbocycles. The summed E-state index contributed by atoms with van der Waals surface area (Å²) in [6, 6.07) is 2.76. The monoisotopic (exact) mass is 330 g/mol. The van der Waals surface area contributed by atoms with Gasteiger partial charge < -0.3 is 10.8 Å². The molecule has 3 N–H and O–H groups in total. The number of aliphatic carboxylic acids is 1. The second-order valence-corrected chi connectivity index (χ2v) is 5.48. The van der Waals surface area contributed by atoms with Gasteiger partial charge in [0.2, 0.25) is 0 Å². The van der Waals surface area contributed by atoms with Crippen molar-refractivity contribution in [3.63, 3.8) is 0 Å². The molecule has 8 nitrogen and oxygen atoms in total. The van der Waals surface area contributed by atoms with Crippen LogP contribution in [0.15, 0.2) is 36.9 Å². The molecule has 0 fully saturated rings. The first-order chi connectivity index (χ1) is 11.6. The molecule has 0 bridgehead atoms. The van der Waals surface area contributed by atoms with Gasteiger partial charge in [-0.2, -0.15) is 0 Å². The minimum atomic E-state index is -0.956. The molecule has 2 aromatic heterocycles. The fourth-order valence-electron chi connectivity index (χ4n) is 2.26.